The Morgan fingerprint density at radius 1 is 1.03 bits per heavy atom. The first kappa shape index (κ1) is 28.7. The van der Waals surface area contributed by atoms with Gasteiger partial charge in [-0.2, -0.15) is 0 Å². The van der Waals surface area contributed by atoms with Crippen LogP contribution in [0.5, 0.6) is 0 Å². The minimum atomic E-state index is -4.11. The van der Waals surface area contributed by atoms with Gasteiger partial charge in [0, 0.05) is 22.6 Å². The van der Waals surface area contributed by atoms with Crippen molar-refractivity contribution >= 4 is 55.1 Å². The molecule has 3 rings (SSSR count). The molecule has 0 bridgehead atoms. The third kappa shape index (κ3) is 7.34. The molecule has 1 atom stereocenters. The lowest BCUT2D eigenvalue weighted by molar-refractivity contribution is -0.139. The van der Waals surface area contributed by atoms with Crippen LogP contribution < -0.4 is 9.62 Å². The van der Waals surface area contributed by atoms with Crippen LogP contribution >= 0.6 is 27.5 Å². The van der Waals surface area contributed by atoms with Crippen molar-refractivity contribution in [3.8, 4) is 0 Å². The minimum Gasteiger partial charge on any atom is -0.355 e. The van der Waals surface area contributed by atoms with Crippen LogP contribution in [0.1, 0.15) is 25.0 Å². The largest absolute Gasteiger partial charge is 0.355 e. The van der Waals surface area contributed by atoms with Crippen LogP contribution in [0.25, 0.3) is 0 Å². The molecular formula is C27H29BrClN3O4S. The van der Waals surface area contributed by atoms with Crippen molar-refractivity contribution in [1.29, 1.82) is 0 Å². The number of carbonyl (C=O) groups is 2. The molecule has 2 amide bonds. The van der Waals surface area contributed by atoms with Crippen LogP contribution in [0.3, 0.4) is 0 Å². The van der Waals surface area contributed by atoms with Crippen molar-refractivity contribution in [2.24, 2.45) is 0 Å². The molecule has 0 fully saturated rings. The molecule has 0 aliphatic carbocycles. The molecule has 0 aromatic heterocycles. The monoisotopic (exact) mass is 605 g/mol. The number of hydrogen-bond donors (Lipinski definition) is 1. The Bertz CT molecular complexity index is 1350. The number of amides is 2. The molecule has 37 heavy (non-hydrogen) atoms. The van der Waals surface area contributed by atoms with E-state index in [1.807, 2.05) is 31.2 Å². The maximum atomic E-state index is 13.8. The average molecular weight is 607 g/mol. The summed E-state index contributed by atoms with van der Waals surface area (Å²) in [7, 11) is -4.11. The summed E-state index contributed by atoms with van der Waals surface area (Å²) in [6.45, 7) is 5.30. The Kier molecular flexibility index (Phi) is 9.75. The lowest BCUT2D eigenvalue weighted by Crippen LogP contribution is -2.51. The molecule has 7 nitrogen and oxygen atoms in total. The first-order chi connectivity index (χ1) is 17.5. The van der Waals surface area contributed by atoms with E-state index in [1.54, 1.807) is 50.2 Å². The predicted molar refractivity (Wildman–Crippen MR) is 150 cm³/mol. The molecule has 3 aromatic rings. The molecule has 0 heterocycles. The van der Waals surface area contributed by atoms with Gasteiger partial charge in [0.15, 0.2) is 0 Å². The molecule has 0 aliphatic heterocycles. The zero-order valence-electron chi connectivity index (χ0n) is 20.8. The molecule has 3 aromatic carbocycles. The van der Waals surface area contributed by atoms with Crippen molar-refractivity contribution in [2.75, 3.05) is 17.4 Å². The fraction of sp³-hybridized carbons (Fsp3) is 0.259. The van der Waals surface area contributed by atoms with Gasteiger partial charge in [-0.3, -0.25) is 13.9 Å². The normalized spacial score (nSPS) is 12.0. The highest BCUT2D eigenvalue weighted by molar-refractivity contribution is 9.10. The Morgan fingerprint density at radius 2 is 1.68 bits per heavy atom. The Balaban J connectivity index is 2.02. The molecule has 0 saturated carbocycles. The van der Waals surface area contributed by atoms with Crippen LogP contribution in [-0.4, -0.2) is 44.3 Å². The second kappa shape index (κ2) is 12.6. The highest BCUT2D eigenvalue weighted by atomic mass is 79.9. The van der Waals surface area contributed by atoms with Gasteiger partial charge in [-0.25, -0.2) is 8.42 Å². The number of carbonyl (C=O) groups excluding carboxylic acids is 2. The van der Waals surface area contributed by atoms with E-state index in [0.717, 1.165) is 19.9 Å². The molecular weight excluding hydrogens is 578 g/mol. The zero-order chi connectivity index (χ0) is 27.2. The van der Waals surface area contributed by atoms with Gasteiger partial charge in [-0.1, -0.05) is 57.4 Å². The predicted octanol–water partition coefficient (Wildman–Crippen LogP) is 5.16. The van der Waals surface area contributed by atoms with Gasteiger partial charge in [-0.05, 0) is 74.9 Å². The second-order valence-corrected chi connectivity index (χ2v) is 11.7. The summed E-state index contributed by atoms with van der Waals surface area (Å²) in [4.78, 5) is 27.9. The van der Waals surface area contributed by atoms with E-state index < -0.39 is 28.5 Å². The second-order valence-electron chi connectivity index (χ2n) is 8.52. The molecule has 0 radical (unpaired) electrons. The zero-order valence-corrected chi connectivity index (χ0v) is 24.0. The van der Waals surface area contributed by atoms with Gasteiger partial charge >= 0.3 is 0 Å². The van der Waals surface area contributed by atoms with E-state index in [9.17, 15) is 18.0 Å². The van der Waals surface area contributed by atoms with E-state index in [2.05, 4.69) is 21.2 Å². The number of likely N-dealkylation sites (N-methyl/N-ethyl adjacent to an activating group) is 1. The maximum Gasteiger partial charge on any atom is 0.264 e. The van der Waals surface area contributed by atoms with Crippen LogP contribution in [0, 0.1) is 6.92 Å². The van der Waals surface area contributed by atoms with E-state index in [-0.39, 0.29) is 23.0 Å². The first-order valence-corrected chi connectivity index (χ1v) is 14.3. The average Bonchev–Trinajstić information content (AvgIpc) is 2.86. The fourth-order valence-electron chi connectivity index (χ4n) is 3.71. The quantitative estimate of drug-likeness (QED) is 0.346. The molecule has 0 unspecified atom stereocenters. The number of benzene rings is 3. The first-order valence-electron chi connectivity index (χ1n) is 11.7. The smallest absolute Gasteiger partial charge is 0.264 e. The number of nitrogens with zero attached hydrogens (tertiary/aromatic N) is 2. The summed E-state index contributed by atoms with van der Waals surface area (Å²) in [6.07, 6.45) is 0. The van der Waals surface area contributed by atoms with Crippen molar-refractivity contribution in [2.45, 2.75) is 38.3 Å². The van der Waals surface area contributed by atoms with Gasteiger partial charge in [0.05, 0.1) is 10.6 Å². The summed E-state index contributed by atoms with van der Waals surface area (Å²) in [6, 6.07) is 19.2. The number of nitrogens with one attached hydrogen (secondary N) is 1. The van der Waals surface area contributed by atoms with Crippen LogP contribution in [0.15, 0.2) is 82.2 Å². The number of halogens is 2. The SMILES string of the molecule is CCNC(=O)[C@@H](C)N(Cc1cccc(Br)c1)C(=O)CN(c1ccc(Cl)cc1)S(=O)(=O)c1ccc(C)cc1. The van der Waals surface area contributed by atoms with Crippen LogP contribution in [0.4, 0.5) is 5.69 Å². The van der Waals surface area contributed by atoms with E-state index >= 15 is 0 Å². The number of aryl methyl sites for hydroxylation is 1. The Morgan fingerprint density at radius 3 is 2.27 bits per heavy atom. The number of anilines is 1. The van der Waals surface area contributed by atoms with E-state index in [4.69, 9.17) is 11.6 Å². The Hall–Kier alpha value is -2.88. The molecule has 0 saturated heterocycles. The van der Waals surface area contributed by atoms with Gasteiger partial charge < -0.3 is 10.2 Å². The summed E-state index contributed by atoms with van der Waals surface area (Å²) < 4.78 is 29.3. The molecule has 196 valence electrons. The van der Waals surface area contributed by atoms with Gasteiger partial charge in [-0.15, -0.1) is 0 Å². The molecule has 0 aliphatic rings. The van der Waals surface area contributed by atoms with Crippen molar-refractivity contribution in [3.05, 3.63) is 93.4 Å². The molecule has 0 spiro atoms. The van der Waals surface area contributed by atoms with Gasteiger partial charge in [0.1, 0.15) is 12.6 Å². The fourth-order valence-corrected chi connectivity index (χ4v) is 5.70. The highest BCUT2D eigenvalue weighted by Gasteiger charge is 2.32. The number of rotatable bonds is 10. The van der Waals surface area contributed by atoms with E-state index in [0.29, 0.717) is 11.6 Å². The number of sulfonamides is 1. The van der Waals surface area contributed by atoms with Crippen LogP contribution in [-0.2, 0) is 26.2 Å². The summed E-state index contributed by atoms with van der Waals surface area (Å²) in [5, 5.41) is 3.18. The van der Waals surface area contributed by atoms with Gasteiger partial charge in [0.2, 0.25) is 11.8 Å². The minimum absolute atomic E-state index is 0.0520. The Labute approximate surface area is 231 Å². The molecule has 10 heteroatoms. The summed E-state index contributed by atoms with van der Waals surface area (Å²) >= 11 is 9.47. The van der Waals surface area contributed by atoms with Crippen LogP contribution in [0.2, 0.25) is 5.02 Å². The van der Waals surface area contributed by atoms with Crippen molar-refractivity contribution < 1.29 is 18.0 Å². The third-order valence-corrected chi connectivity index (χ3v) is 8.30. The van der Waals surface area contributed by atoms with Gasteiger partial charge in [0.25, 0.3) is 10.0 Å². The maximum absolute atomic E-state index is 13.8. The lowest BCUT2D eigenvalue weighted by atomic mass is 10.1. The lowest BCUT2D eigenvalue weighted by Gasteiger charge is -2.32. The topological polar surface area (TPSA) is 86.8 Å². The van der Waals surface area contributed by atoms with Crippen molar-refractivity contribution in [3.63, 3.8) is 0 Å². The standard InChI is InChI=1S/C27H29BrClN3O4S/c1-4-30-27(34)20(3)31(17-21-6-5-7-22(28)16-21)26(33)18-32(24-12-10-23(29)11-13-24)37(35,36)25-14-8-19(2)9-15-25/h5-16,20H,4,17-18H2,1-3H3,(H,30,34)/t20-/m1/s1. The van der Waals surface area contributed by atoms with E-state index in [1.165, 1.54) is 17.0 Å². The summed E-state index contributed by atoms with van der Waals surface area (Å²) in [5.41, 5.74) is 1.98. The van der Waals surface area contributed by atoms with Crippen molar-refractivity contribution in [1.82, 2.24) is 10.2 Å². The number of hydrogen-bond acceptors (Lipinski definition) is 4. The highest BCUT2D eigenvalue weighted by Crippen LogP contribution is 2.26. The third-order valence-electron chi connectivity index (χ3n) is 5.76. The summed E-state index contributed by atoms with van der Waals surface area (Å²) in [5.74, 6) is -0.852. The molecule has 1 N–H and O–H groups in total.